The fourth-order valence-corrected chi connectivity index (χ4v) is 9.61. The summed E-state index contributed by atoms with van der Waals surface area (Å²) in [7, 11) is 0. The topological polar surface area (TPSA) is 61.7 Å². The van der Waals surface area contributed by atoms with Crippen molar-refractivity contribution in [2.45, 2.75) is 0 Å². The van der Waals surface area contributed by atoms with Crippen molar-refractivity contribution in [1.82, 2.24) is 24.1 Å². The number of aromatic nitrogens is 5. The van der Waals surface area contributed by atoms with E-state index in [1.807, 2.05) is 48.5 Å². The average Bonchev–Trinajstić information content (AvgIpc) is 4.02. The van der Waals surface area contributed by atoms with Gasteiger partial charge in [-0.05, 0) is 47.0 Å². The predicted octanol–water partition coefficient (Wildman–Crippen LogP) is 14.6. The minimum absolute atomic E-state index is 0.528. The Morgan fingerprint density at radius 1 is 0.333 bits per heavy atom. The van der Waals surface area contributed by atoms with Gasteiger partial charge in [0, 0.05) is 49.0 Å². The zero-order chi connectivity index (χ0) is 41.4. The second-order valence-electron chi connectivity index (χ2n) is 16.0. The number of rotatable bonds is 6. The molecule has 0 atom stereocenters. The van der Waals surface area contributed by atoms with Crippen LogP contribution in [0.25, 0.3) is 122 Å². The molecule has 6 nitrogen and oxygen atoms in total. The number of para-hydroxylation sites is 3. The molecule has 4 heterocycles. The maximum atomic E-state index is 6.38. The van der Waals surface area contributed by atoms with Gasteiger partial charge >= 0.3 is 0 Å². The predicted molar refractivity (Wildman–Crippen MR) is 258 cm³/mol. The lowest BCUT2D eigenvalue weighted by Gasteiger charge is -2.17. The monoisotopic (exact) mass is 805 g/mol. The first-order chi connectivity index (χ1) is 31.3. The first kappa shape index (κ1) is 35.2. The molecule has 0 bridgehead atoms. The van der Waals surface area contributed by atoms with Crippen LogP contribution in [0.5, 0.6) is 0 Å². The van der Waals surface area contributed by atoms with Crippen LogP contribution in [-0.2, 0) is 0 Å². The molecular weight excluding hydrogens is 771 g/mol. The Hall–Kier alpha value is -8.61. The summed E-state index contributed by atoms with van der Waals surface area (Å²) >= 11 is 0. The Morgan fingerprint density at radius 2 is 0.889 bits per heavy atom. The van der Waals surface area contributed by atoms with Gasteiger partial charge in [-0.2, -0.15) is 9.97 Å². The lowest BCUT2D eigenvalue weighted by Crippen LogP contribution is -2.07. The fraction of sp³-hybridized carbons (Fsp3) is 0. The van der Waals surface area contributed by atoms with Crippen LogP contribution in [-0.4, -0.2) is 24.1 Å². The van der Waals surface area contributed by atoms with Gasteiger partial charge in [-0.3, -0.25) is 4.57 Å². The number of furan rings is 1. The lowest BCUT2D eigenvalue weighted by molar-refractivity contribution is 0.669. The van der Waals surface area contributed by atoms with E-state index in [4.69, 9.17) is 19.4 Å². The van der Waals surface area contributed by atoms with Crippen molar-refractivity contribution < 1.29 is 4.42 Å². The Morgan fingerprint density at radius 3 is 1.60 bits per heavy atom. The van der Waals surface area contributed by atoms with Crippen molar-refractivity contribution in [2.75, 3.05) is 0 Å². The van der Waals surface area contributed by atoms with E-state index in [0.29, 0.717) is 17.6 Å². The van der Waals surface area contributed by atoms with Crippen molar-refractivity contribution in [1.29, 1.82) is 0 Å². The largest absolute Gasteiger partial charge is 0.456 e. The second-order valence-corrected chi connectivity index (χ2v) is 16.0. The lowest BCUT2D eigenvalue weighted by atomic mass is 9.98. The Labute approximate surface area is 361 Å². The van der Waals surface area contributed by atoms with Crippen LogP contribution in [0.15, 0.2) is 217 Å². The normalized spacial score (nSPS) is 11.8. The number of fused-ring (bicyclic) bond motifs is 10. The molecule has 0 amide bonds. The highest BCUT2D eigenvalue weighted by molar-refractivity contribution is 6.24. The van der Waals surface area contributed by atoms with E-state index >= 15 is 0 Å². The van der Waals surface area contributed by atoms with Gasteiger partial charge in [0.2, 0.25) is 5.95 Å². The minimum atomic E-state index is 0.528. The van der Waals surface area contributed by atoms with Crippen LogP contribution >= 0.6 is 0 Å². The molecule has 0 spiro atoms. The molecule has 4 aromatic heterocycles. The number of hydrogen-bond acceptors (Lipinski definition) is 4. The maximum absolute atomic E-state index is 6.38. The van der Waals surface area contributed by atoms with E-state index in [9.17, 15) is 0 Å². The van der Waals surface area contributed by atoms with Crippen LogP contribution in [0.1, 0.15) is 0 Å². The molecule has 6 heteroatoms. The second kappa shape index (κ2) is 14.0. The third-order valence-electron chi connectivity index (χ3n) is 12.4. The van der Waals surface area contributed by atoms with Gasteiger partial charge in [-0.15, -0.1) is 0 Å². The number of nitrogens with zero attached hydrogens (tertiary/aromatic N) is 5. The quantitative estimate of drug-likeness (QED) is 0.168. The molecule has 0 aliphatic carbocycles. The summed E-state index contributed by atoms with van der Waals surface area (Å²) < 4.78 is 11.1. The van der Waals surface area contributed by atoms with Gasteiger partial charge < -0.3 is 8.98 Å². The van der Waals surface area contributed by atoms with Crippen molar-refractivity contribution in [3.05, 3.63) is 212 Å². The maximum Gasteiger partial charge on any atom is 0.238 e. The molecule has 13 aromatic rings. The minimum Gasteiger partial charge on any atom is -0.456 e. The molecule has 294 valence electrons. The summed E-state index contributed by atoms with van der Waals surface area (Å²) in [5.41, 5.74) is 13.2. The van der Waals surface area contributed by atoms with Crippen LogP contribution in [0.4, 0.5) is 0 Å². The third-order valence-corrected chi connectivity index (χ3v) is 12.4. The molecule has 0 N–H and O–H groups in total. The SMILES string of the molecule is c1ccc(-c2ccc(-c3ccccc3)c(-n3c4ccccc4c4ccc5c6ccccc6n(-c6nc(-c7ccccc7)nc(-c7cccc8oc9ccccc9c78)n6)c5c43)c2)cc1. The van der Waals surface area contributed by atoms with Crippen LogP contribution < -0.4 is 0 Å². The van der Waals surface area contributed by atoms with E-state index < -0.39 is 0 Å². The Kier molecular flexibility index (Phi) is 7.80. The van der Waals surface area contributed by atoms with Crippen molar-refractivity contribution in [3.8, 4) is 56.7 Å². The van der Waals surface area contributed by atoms with Gasteiger partial charge in [0.05, 0.1) is 27.8 Å². The molecule has 0 saturated heterocycles. The van der Waals surface area contributed by atoms with Crippen molar-refractivity contribution >= 4 is 65.6 Å². The molecule has 0 unspecified atom stereocenters. The van der Waals surface area contributed by atoms with Gasteiger partial charge in [-0.1, -0.05) is 182 Å². The molecule has 0 saturated carbocycles. The number of hydrogen-bond donors (Lipinski definition) is 0. The van der Waals surface area contributed by atoms with Crippen LogP contribution in [0.2, 0.25) is 0 Å². The highest BCUT2D eigenvalue weighted by Gasteiger charge is 2.25. The molecule has 0 aliphatic rings. The first-order valence-corrected chi connectivity index (χ1v) is 21.2. The van der Waals surface area contributed by atoms with E-state index in [-0.39, 0.29) is 0 Å². The molecular formula is C57H35N5O. The fourth-order valence-electron chi connectivity index (χ4n) is 9.61. The van der Waals surface area contributed by atoms with Gasteiger partial charge in [0.25, 0.3) is 0 Å². The van der Waals surface area contributed by atoms with Crippen molar-refractivity contribution in [2.24, 2.45) is 0 Å². The van der Waals surface area contributed by atoms with Gasteiger partial charge in [0.1, 0.15) is 11.2 Å². The van der Waals surface area contributed by atoms with E-state index in [2.05, 4.69) is 173 Å². The molecule has 0 aliphatic heterocycles. The zero-order valence-electron chi connectivity index (χ0n) is 33.9. The van der Waals surface area contributed by atoms with Crippen LogP contribution in [0, 0.1) is 0 Å². The molecule has 0 fully saturated rings. The summed E-state index contributed by atoms with van der Waals surface area (Å²) in [6.07, 6.45) is 0. The highest BCUT2D eigenvalue weighted by Crippen LogP contribution is 2.44. The van der Waals surface area contributed by atoms with E-state index in [0.717, 1.165) is 105 Å². The number of benzene rings is 9. The van der Waals surface area contributed by atoms with Gasteiger partial charge in [-0.25, -0.2) is 4.98 Å². The van der Waals surface area contributed by atoms with E-state index in [1.54, 1.807) is 0 Å². The first-order valence-electron chi connectivity index (χ1n) is 21.2. The van der Waals surface area contributed by atoms with Gasteiger partial charge in [0.15, 0.2) is 11.6 Å². The summed E-state index contributed by atoms with van der Waals surface area (Å²) in [6.45, 7) is 0. The zero-order valence-corrected chi connectivity index (χ0v) is 33.9. The molecule has 13 rings (SSSR count). The average molecular weight is 806 g/mol. The smallest absolute Gasteiger partial charge is 0.238 e. The molecule has 63 heavy (non-hydrogen) atoms. The van der Waals surface area contributed by atoms with E-state index in [1.165, 1.54) is 0 Å². The highest BCUT2D eigenvalue weighted by atomic mass is 16.3. The summed E-state index contributed by atoms with van der Waals surface area (Å²) in [6, 6.07) is 74.5. The summed E-state index contributed by atoms with van der Waals surface area (Å²) in [5, 5.41) is 6.50. The Bertz CT molecular complexity index is 3900. The Balaban J connectivity index is 1.19. The molecule has 0 radical (unpaired) electrons. The standard InChI is InChI=1S/C57H35N5O/c1-4-17-36(18-5-1)39-31-32-40(37-19-6-2-7-20-37)49(35-39)61-47-27-13-10-23-41(47)43-33-34-44-42-24-11-14-28-48(42)62(54(44)53(43)61)57-59-55(38-21-8-3-9-22-38)58-56(60-57)46-26-16-30-51-52(46)45-25-12-15-29-50(45)63-51/h1-35H. The van der Waals surface area contributed by atoms with Crippen molar-refractivity contribution in [3.63, 3.8) is 0 Å². The molecule has 9 aromatic carbocycles. The van der Waals surface area contributed by atoms with Crippen LogP contribution in [0.3, 0.4) is 0 Å². The third kappa shape index (κ3) is 5.48. The summed E-state index contributed by atoms with van der Waals surface area (Å²) in [4.78, 5) is 16.1. The summed E-state index contributed by atoms with van der Waals surface area (Å²) in [5.74, 6) is 1.68.